The van der Waals surface area contributed by atoms with E-state index in [2.05, 4.69) is 88.8 Å². The molecule has 0 bridgehead atoms. The molecule has 0 saturated carbocycles. The van der Waals surface area contributed by atoms with E-state index in [0.717, 1.165) is 12.0 Å². The first-order valence-electron chi connectivity index (χ1n) is 11.7. The Labute approximate surface area is 183 Å². The van der Waals surface area contributed by atoms with Crippen LogP contribution in [0.4, 0.5) is 0 Å². The normalized spacial score (nSPS) is 18.2. The van der Waals surface area contributed by atoms with Gasteiger partial charge in [0.05, 0.1) is 5.56 Å². The van der Waals surface area contributed by atoms with Crippen LogP contribution >= 0.6 is 0 Å². The lowest BCUT2D eigenvalue weighted by molar-refractivity contribution is -0.661. The third-order valence-electron chi connectivity index (χ3n) is 8.35. The van der Waals surface area contributed by atoms with Gasteiger partial charge >= 0.3 is 0 Å². The first-order valence-corrected chi connectivity index (χ1v) is 11.2. The molecular formula is C29H34N+. The number of aromatic nitrogens is 1. The van der Waals surface area contributed by atoms with Gasteiger partial charge in [-0.2, -0.15) is 0 Å². The van der Waals surface area contributed by atoms with Crippen molar-refractivity contribution >= 4 is 0 Å². The Kier molecular flexibility index (Phi) is 3.71. The van der Waals surface area contributed by atoms with Crippen LogP contribution in [0.3, 0.4) is 0 Å². The lowest BCUT2D eigenvalue weighted by Crippen LogP contribution is -2.49. The van der Waals surface area contributed by atoms with Gasteiger partial charge < -0.3 is 0 Å². The predicted molar refractivity (Wildman–Crippen MR) is 126 cm³/mol. The van der Waals surface area contributed by atoms with E-state index in [1.54, 1.807) is 0 Å². The Morgan fingerprint density at radius 3 is 2.40 bits per heavy atom. The summed E-state index contributed by atoms with van der Waals surface area (Å²) in [6.45, 7) is 15.9. The van der Waals surface area contributed by atoms with Gasteiger partial charge in [0.2, 0.25) is 5.69 Å². The molecule has 0 unspecified atom stereocenters. The Balaban J connectivity index is 1.95. The maximum atomic E-state index is 8.93. The van der Waals surface area contributed by atoms with Gasteiger partial charge in [-0.1, -0.05) is 65.8 Å². The van der Waals surface area contributed by atoms with Crippen LogP contribution < -0.4 is 4.57 Å². The molecule has 0 radical (unpaired) electrons. The van der Waals surface area contributed by atoms with Crippen molar-refractivity contribution in [2.45, 2.75) is 71.6 Å². The number of hydrogen-bond donors (Lipinski definition) is 0. The molecule has 2 aliphatic carbocycles. The van der Waals surface area contributed by atoms with Gasteiger partial charge in [0.15, 0.2) is 6.20 Å². The number of fused-ring (bicyclic) bond motifs is 6. The topological polar surface area (TPSA) is 3.88 Å². The standard InChI is InChI=1S/C29H34N/c1-17(2)20-13-14-30(8)27-25-18(3)22-15-19-11-9-10-12-21(19)23(22)16-24(25)28(4,5)29(6,7)26(20)27/h9-14,16-17H,15H2,1-8H3/q+1/i17D. The van der Waals surface area contributed by atoms with Crippen LogP contribution in [0.15, 0.2) is 42.6 Å². The lowest BCUT2D eigenvalue weighted by Gasteiger charge is -2.48. The molecule has 1 heterocycles. The van der Waals surface area contributed by atoms with Gasteiger partial charge in [-0.15, -0.1) is 0 Å². The van der Waals surface area contributed by atoms with Crippen molar-refractivity contribution in [2.24, 2.45) is 7.05 Å². The van der Waals surface area contributed by atoms with Crippen LogP contribution in [-0.4, -0.2) is 0 Å². The van der Waals surface area contributed by atoms with E-state index < -0.39 is 5.89 Å². The molecular weight excluding hydrogens is 362 g/mol. The number of rotatable bonds is 1. The molecule has 5 rings (SSSR count). The Morgan fingerprint density at radius 1 is 1.00 bits per heavy atom. The van der Waals surface area contributed by atoms with Gasteiger partial charge in [-0.25, -0.2) is 4.57 Å². The molecule has 0 atom stereocenters. The summed E-state index contributed by atoms with van der Waals surface area (Å²) in [4.78, 5) is 0. The first-order chi connectivity index (χ1) is 14.4. The van der Waals surface area contributed by atoms with E-state index in [1.165, 1.54) is 50.2 Å². The Bertz CT molecular complexity index is 1250. The van der Waals surface area contributed by atoms with Crippen molar-refractivity contribution in [2.75, 3.05) is 0 Å². The molecule has 0 saturated heterocycles. The molecule has 154 valence electrons. The second kappa shape index (κ2) is 6.06. The minimum Gasteiger partial charge on any atom is -0.201 e. The van der Waals surface area contributed by atoms with E-state index >= 15 is 0 Å². The summed E-state index contributed by atoms with van der Waals surface area (Å²) in [7, 11) is 2.17. The SMILES string of the molecule is [2H]C(C)(C)c1cc[n+](C)c2c1C(C)(C)C(C)(C)c1cc3c(c(C)c1-2)Cc1ccccc1-3. The fourth-order valence-electron chi connectivity index (χ4n) is 5.90. The van der Waals surface area contributed by atoms with Crippen molar-refractivity contribution < 1.29 is 5.94 Å². The second-order valence-electron chi connectivity index (χ2n) is 10.6. The number of nitrogens with zero attached hydrogens (tertiary/aromatic N) is 1. The number of pyridine rings is 1. The molecule has 0 amide bonds. The van der Waals surface area contributed by atoms with Crippen LogP contribution in [0.25, 0.3) is 22.4 Å². The molecule has 1 aromatic heterocycles. The second-order valence-corrected chi connectivity index (χ2v) is 10.6. The zero-order valence-electron chi connectivity index (χ0n) is 20.7. The number of benzene rings is 2. The van der Waals surface area contributed by atoms with E-state index in [-0.39, 0.29) is 10.8 Å². The van der Waals surface area contributed by atoms with E-state index in [1.807, 2.05) is 13.8 Å². The first kappa shape index (κ1) is 18.4. The quantitative estimate of drug-likeness (QED) is 0.313. The largest absolute Gasteiger partial charge is 0.216 e. The molecule has 0 N–H and O–H groups in total. The monoisotopic (exact) mass is 397 g/mol. The van der Waals surface area contributed by atoms with Crippen LogP contribution in [0, 0.1) is 6.92 Å². The molecule has 30 heavy (non-hydrogen) atoms. The highest BCUT2D eigenvalue weighted by molar-refractivity contribution is 5.86. The van der Waals surface area contributed by atoms with E-state index in [9.17, 15) is 0 Å². The third kappa shape index (κ3) is 2.27. The Hall–Kier alpha value is -2.41. The molecule has 1 heteroatoms. The fourth-order valence-corrected chi connectivity index (χ4v) is 5.90. The maximum Gasteiger partial charge on any atom is 0.216 e. The van der Waals surface area contributed by atoms with Crippen LogP contribution in [0.5, 0.6) is 0 Å². The minimum absolute atomic E-state index is 0.0684. The average Bonchev–Trinajstić information content (AvgIpc) is 3.05. The van der Waals surface area contributed by atoms with E-state index in [0.29, 0.717) is 0 Å². The number of aryl methyl sites for hydroxylation is 1. The summed E-state index contributed by atoms with van der Waals surface area (Å²) in [6, 6.07) is 13.5. The van der Waals surface area contributed by atoms with Crippen LogP contribution in [0.1, 0.15) is 82.2 Å². The van der Waals surface area contributed by atoms with Crippen molar-refractivity contribution in [3.63, 3.8) is 0 Å². The summed E-state index contributed by atoms with van der Waals surface area (Å²) in [5.74, 6) is -0.649. The zero-order valence-corrected chi connectivity index (χ0v) is 19.7. The molecule has 2 aliphatic rings. The van der Waals surface area contributed by atoms with Crippen molar-refractivity contribution in [1.29, 1.82) is 0 Å². The van der Waals surface area contributed by atoms with Gasteiger partial charge in [0, 0.05) is 18.4 Å². The lowest BCUT2D eigenvalue weighted by atomic mass is 9.54. The summed E-state index contributed by atoms with van der Waals surface area (Å²) < 4.78 is 11.2. The molecule has 0 fully saturated rings. The minimum atomic E-state index is -0.649. The van der Waals surface area contributed by atoms with Crippen molar-refractivity contribution in [1.82, 2.24) is 0 Å². The smallest absolute Gasteiger partial charge is 0.201 e. The molecule has 1 nitrogen and oxygen atoms in total. The van der Waals surface area contributed by atoms with Gasteiger partial charge in [-0.3, -0.25) is 0 Å². The summed E-state index contributed by atoms with van der Waals surface area (Å²) in [5.41, 5.74) is 13.6. The summed E-state index contributed by atoms with van der Waals surface area (Å²) >= 11 is 0. The van der Waals surface area contributed by atoms with Crippen molar-refractivity contribution in [3.8, 4) is 22.4 Å². The van der Waals surface area contributed by atoms with Gasteiger partial charge in [0.25, 0.3) is 0 Å². The van der Waals surface area contributed by atoms with Crippen molar-refractivity contribution in [3.05, 3.63) is 76.0 Å². The average molecular weight is 398 g/mol. The zero-order chi connectivity index (χ0) is 22.5. The predicted octanol–water partition coefficient (Wildman–Crippen LogP) is 6.75. The highest BCUT2D eigenvalue weighted by atomic mass is 14.9. The summed E-state index contributed by atoms with van der Waals surface area (Å²) in [5, 5.41) is 0. The van der Waals surface area contributed by atoms with Crippen LogP contribution in [0.2, 0.25) is 0 Å². The molecule has 0 spiro atoms. The highest BCUT2D eigenvalue weighted by Gasteiger charge is 2.51. The van der Waals surface area contributed by atoms with Gasteiger partial charge in [-0.05, 0) is 69.7 Å². The highest BCUT2D eigenvalue weighted by Crippen LogP contribution is 2.57. The fraction of sp³-hybridized carbons (Fsp3) is 0.414. The molecule has 0 aliphatic heterocycles. The third-order valence-corrected chi connectivity index (χ3v) is 8.35. The number of hydrogen-bond acceptors (Lipinski definition) is 0. The van der Waals surface area contributed by atoms with Gasteiger partial charge in [0.1, 0.15) is 7.05 Å². The van der Waals surface area contributed by atoms with E-state index in [4.69, 9.17) is 1.37 Å². The Morgan fingerprint density at radius 2 is 1.70 bits per heavy atom. The molecule has 3 aromatic rings. The summed E-state index contributed by atoms with van der Waals surface area (Å²) in [6.07, 6.45) is 3.17. The maximum absolute atomic E-state index is 8.93. The van der Waals surface area contributed by atoms with Crippen LogP contribution in [-0.2, 0) is 24.3 Å². The molecule has 2 aromatic carbocycles.